The Morgan fingerprint density at radius 2 is 1.95 bits per heavy atom. The van der Waals surface area contributed by atoms with Gasteiger partial charge in [-0.05, 0) is 40.2 Å². The molecule has 0 aliphatic heterocycles. The van der Waals surface area contributed by atoms with Gasteiger partial charge in [-0.15, -0.1) is 0 Å². The van der Waals surface area contributed by atoms with Crippen molar-refractivity contribution in [2.75, 3.05) is 18.5 Å². The monoisotopic (exact) mass is 375 g/mol. The van der Waals surface area contributed by atoms with Crippen molar-refractivity contribution < 1.29 is 22.7 Å². The van der Waals surface area contributed by atoms with E-state index in [2.05, 4.69) is 15.9 Å². The van der Waals surface area contributed by atoms with Crippen LogP contribution in [-0.4, -0.2) is 27.7 Å². The normalized spacial score (nSPS) is 11.4. The molecule has 0 saturated carbocycles. The van der Waals surface area contributed by atoms with Crippen LogP contribution in [-0.2, 0) is 16.6 Å². The minimum absolute atomic E-state index is 0.0372. The third-order valence-corrected chi connectivity index (χ3v) is 5.58. The van der Waals surface area contributed by atoms with Gasteiger partial charge in [0.05, 0.1) is 12.8 Å². The molecular weight excluding hydrogens is 362 g/mol. The van der Waals surface area contributed by atoms with E-state index in [0.29, 0.717) is 11.4 Å². The summed E-state index contributed by atoms with van der Waals surface area (Å²) in [6, 6.07) is 7.91. The molecular formula is C13H14BrNO5S. The molecule has 0 atom stereocenters. The van der Waals surface area contributed by atoms with Gasteiger partial charge in [-0.1, -0.05) is 0 Å². The van der Waals surface area contributed by atoms with E-state index in [9.17, 15) is 8.42 Å². The zero-order chi connectivity index (χ0) is 15.6. The van der Waals surface area contributed by atoms with Gasteiger partial charge in [0, 0.05) is 13.1 Å². The number of furan rings is 1. The minimum Gasteiger partial charge on any atom is -0.497 e. The van der Waals surface area contributed by atoms with Crippen LogP contribution < -0.4 is 9.04 Å². The smallest absolute Gasteiger partial charge is 0.268 e. The lowest BCUT2D eigenvalue weighted by Gasteiger charge is -2.18. The van der Waals surface area contributed by atoms with Crippen LogP contribution in [0.3, 0.4) is 0 Å². The van der Waals surface area contributed by atoms with E-state index in [4.69, 9.17) is 14.3 Å². The number of halogens is 1. The third-order valence-electron chi connectivity index (χ3n) is 2.94. The average molecular weight is 376 g/mol. The van der Waals surface area contributed by atoms with Gasteiger partial charge < -0.3 is 14.3 Å². The van der Waals surface area contributed by atoms with E-state index in [-0.39, 0.29) is 21.9 Å². The van der Waals surface area contributed by atoms with Crippen molar-refractivity contribution in [1.29, 1.82) is 0 Å². The van der Waals surface area contributed by atoms with Crippen molar-refractivity contribution in [2.45, 2.75) is 11.5 Å². The van der Waals surface area contributed by atoms with E-state index in [0.717, 1.165) is 4.31 Å². The predicted molar refractivity (Wildman–Crippen MR) is 80.9 cm³/mol. The lowest BCUT2D eigenvalue weighted by molar-refractivity contribution is 0.245. The van der Waals surface area contributed by atoms with Crippen LogP contribution in [0.4, 0.5) is 5.69 Å². The van der Waals surface area contributed by atoms with E-state index >= 15 is 0 Å². The van der Waals surface area contributed by atoms with Crippen molar-refractivity contribution >= 4 is 31.6 Å². The van der Waals surface area contributed by atoms with Gasteiger partial charge in [-0.3, -0.25) is 4.31 Å². The molecule has 0 bridgehead atoms. The Balaban J connectivity index is 2.39. The SMILES string of the molecule is COc1ccc(N(C)S(=O)(=O)c2cc(CO)oc2Br)cc1. The Morgan fingerprint density at radius 3 is 2.43 bits per heavy atom. The molecule has 114 valence electrons. The molecule has 0 amide bonds. The van der Waals surface area contributed by atoms with Gasteiger partial charge >= 0.3 is 0 Å². The Morgan fingerprint density at radius 1 is 1.33 bits per heavy atom. The maximum absolute atomic E-state index is 12.6. The van der Waals surface area contributed by atoms with Crippen LogP contribution in [0.1, 0.15) is 5.76 Å². The van der Waals surface area contributed by atoms with Crippen LogP contribution in [0.5, 0.6) is 5.75 Å². The molecule has 1 heterocycles. The van der Waals surface area contributed by atoms with E-state index in [1.54, 1.807) is 24.3 Å². The highest BCUT2D eigenvalue weighted by atomic mass is 79.9. The quantitative estimate of drug-likeness (QED) is 0.867. The number of ether oxygens (including phenoxy) is 1. The molecule has 0 aliphatic carbocycles. The van der Waals surface area contributed by atoms with Gasteiger partial charge in [-0.25, -0.2) is 8.42 Å². The number of hydrogen-bond donors (Lipinski definition) is 1. The first-order chi connectivity index (χ1) is 9.90. The fourth-order valence-corrected chi connectivity index (χ4v) is 3.89. The Kier molecular flexibility index (Phi) is 4.60. The van der Waals surface area contributed by atoms with Crippen LogP contribution in [0.25, 0.3) is 0 Å². The largest absolute Gasteiger partial charge is 0.497 e. The van der Waals surface area contributed by atoms with Crippen LogP contribution in [0, 0.1) is 0 Å². The van der Waals surface area contributed by atoms with E-state index < -0.39 is 10.0 Å². The second-order valence-corrected chi connectivity index (χ2v) is 6.84. The molecule has 0 fully saturated rings. The highest BCUT2D eigenvalue weighted by molar-refractivity contribution is 9.10. The third kappa shape index (κ3) is 3.07. The summed E-state index contributed by atoms with van der Waals surface area (Å²) >= 11 is 3.05. The highest BCUT2D eigenvalue weighted by Crippen LogP contribution is 2.31. The summed E-state index contributed by atoms with van der Waals surface area (Å²) < 4.78 is 36.5. The fraction of sp³-hybridized carbons (Fsp3) is 0.231. The molecule has 0 saturated heterocycles. The Bertz CT molecular complexity index is 724. The number of aliphatic hydroxyl groups is 1. The molecule has 1 aromatic heterocycles. The molecule has 0 unspecified atom stereocenters. The maximum atomic E-state index is 12.6. The number of sulfonamides is 1. The number of aliphatic hydroxyl groups excluding tert-OH is 1. The summed E-state index contributed by atoms with van der Waals surface area (Å²) in [5, 5.41) is 9.02. The fourth-order valence-electron chi connectivity index (χ4n) is 1.73. The predicted octanol–water partition coefficient (Wildman–Crippen LogP) is 2.37. The van der Waals surface area contributed by atoms with Gasteiger partial charge in [0.15, 0.2) is 4.67 Å². The number of hydrogen-bond acceptors (Lipinski definition) is 5. The Labute approximate surface area is 131 Å². The number of methoxy groups -OCH3 is 1. The first kappa shape index (κ1) is 15.9. The average Bonchev–Trinajstić information content (AvgIpc) is 2.88. The minimum atomic E-state index is -3.79. The van der Waals surface area contributed by atoms with Crippen molar-refractivity contribution in [2.24, 2.45) is 0 Å². The van der Waals surface area contributed by atoms with Crippen molar-refractivity contribution in [3.63, 3.8) is 0 Å². The topological polar surface area (TPSA) is 80.0 Å². The molecule has 0 spiro atoms. The van der Waals surface area contributed by atoms with Crippen molar-refractivity contribution in [3.8, 4) is 5.75 Å². The van der Waals surface area contributed by atoms with E-state index in [1.807, 2.05) is 0 Å². The summed E-state index contributed by atoms with van der Waals surface area (Å²) in [5.41, 5.74) is 0.481. The van der Waals surface area contributed by atoms with E-state index in [1.165, 1.54) is 20.2 Å². The lowest BCUT2D eigenvalue weighted by atomic mass is 10.3. The van der Waals surface area contributed by atoms with Crippen LogP contribution >= 0.6 is 15.9 Å². The number of benzene rings is 1. The molecule has 0 radical (unpaired) electrons. The first-order valence-corrected chi connectivity index (χ1v) is 8.15. The molecule has 0 aliphatic rings. The summed E-state index contributed by atoms with van der Waals surface area (Å²) in [6.07, 6.45) is 0. The van der Waals surface area contributed by atoms with Crippen LogP contribution in [0.15, 0.2) is 44.3 Å². The Hall–Kier alpha value is -1.51. The second-order valence-electron chi connectivity index (χ2n) is 4.18. The summed E-state index contributed by atoms with van der Waals surface area (Å²) in [7, 11) is -0.815. The van der Waals surface area contributed by atoms with Gasteiger partial charge in [0.2, 0.25) is 0 Å². The lowest BCUT2D eigenvalue weighted by Crippen LogP contribution is -2.26. The molecule has 2 aromatic rings. The maximum Gasteiger partial charge on any atom is 0.268 e. The molecule has 21 heavy (non-hydrogen) atoms. The van der Waals surface area contributed by atoms with Crippen molar-refractivity contribution in [1.82, 2.24) is 0 Å². The molecule has 1 N–H and O–H groups in total. The zero-order valence-corrected chi connectivity index (χ0v) is 13.8. The van der Waals surface area contributed by atoms with Gasteiger partial charge in [-0.2, -0.15) is 0 Å². The van der Waals surface area contributed by atoms with Crippen LogP contribution in [0.2, 0.25) is 0 Å². The highest BCUT2D eigenvalue weighted by Gasteiger charge is 2.27. The number of anilines is 1. The molecule has 8 heteroatoms. The van der Waals surface area contributed by atoms with Gasteiger partial charge in [0.1, 0.15) is 23.0 Å². The summed E-state index contributed by atoms with van der Waals surface area (Å²) in [5.74, 6) is 0.806. The standard InChI is InChI=1S/C13H14BrNO5S/c1-15(9-3-5-10(19-2)6-4-9)21(17,18)12-7-11(8-16)20-13(12)14/h3-7,16H,8H2,1-2H3. The molecule has 6 nitrogen and oxygen atoms in total. The molecule has 2 rings (SSSR count). The summed E-state index contributed by atoms with van der Waals surface area (Å²) in [4.78, 5) is -0.0372. The first-order valence-electron chi connectivity index (χ1n) is 5.92. The molecule has 1 aromatic carbocycles. The zero-order valence-electron chi connectivity index (χ0n) is 11.4. The second kappa shape index (κ2) is 6.08. The number of nitrogens with zero attached hydrogens (tertiary/aromatic N) is 1. The number of rotatable bonds is 5. The summed E-state index contributed by atoms with van der Waals surface area (Å²) in [6.45, 7) is -0.375. The van der Waals surface area contributed by atoms with Gasteiger partial charge in [0.25, 0.3) is 10.0 Å². The van der Waals surface area contributed by atoms with Crippen molar-refractivity contribution in [3.05, 3.63) is 40.8 Å².